The van der Waals surface area contributed by atoms with Gasteiger partial charge in [0.1, 0.15) is 6.04 Å². The third-order valence-corrected chi connectivity index (χ3v) is 3.92. The number of amides is 2. The second kappa shape index (κ2) is 7.47. The van der Waals surface area contributed by atoms with E-state index in [0.29, 0.717) is 5.92 Å². The van der Waals surface area contributed by atoms with Crippen molar-refractivity contribution in [1.29, 1.82) is 0 Å². The Morgan fingerprint density at radius 3 is 2.40 bits per heavy atom. The van der Waals surface area contributed by atoms with Crippen molar-refractivity contribution in [3.05, 3.63) is 0 Å². The number of likely N-dealkylation sites (tertiary alicyclic amines) is 1. The van der Waals surface area contributed by atoms with Crippen LogP contribution in [0.3, 0.4) is 0 Å². The molecule has 0 aromatic rings. The average Bonchev–Trinajstić information content (AvgIpc) is 2.92. The lowest BCUT2D eigenvalue weighted by Crippen LogP contribution is -2.55. The van der Waals surface area contributed by atoms with Gasteiger partial charge in [0.15, 0.2) is 0 Å². The van der Waals surface area contributed by atoms with E-state index in [1.54, 1.807) is 6.92 Å². The molecule has 0 aromatic carbocycles. The van der Waals surface area contributed by atoms with Crippen LogP contribution in [0, 0.1) is 5.92 Å². The smallest absolute Gasteiger partial charge is 0.407 e. The highest BCUT2D eigenvalue weighted by Crippen LogP contribution is 2.25. The Morgan fingerprint density at radius 2 is 1.90 bits per heavy atom. The summed E-state index contributed by atoms with van der Waals surface area (Å²) in [6.07, 6.45) is 0.985. The molecule has 0 saturated carbocycles. The molecule has 3 atom stereocenters. The van der Waals surface area contributed by atoms with E-state index in [-0.39, 0.29) is 11.9 Å². The normalized spacial score (nSPS) is 21.7. The average molecular weight is 286 g/mol. The Bertz CT molecular complexity index is 346. The Balaban J connectivity index is 2.84. The maximum Gasteiger partial charge on any atom is 0.407 e. The molecule has 6 heteroatoms. The molecule has 2 amide bonds. The van der Waals surface area contributed by atoms with E-state index in [1.807, 2.05) is 4.90 Å². The van der Waals surface area contributed by atoms with Gasteiger partial charge in [-0.1, -0.05) is 13.8 Å². The molecule has 6 nitrogen and oxygen atoms in total. The molecule has 1 saturated heterocycles. The molecule has 0 aliphatic carbocycles. The number of nitrogens with zero attached hydrogens (tertiary/aromatic N) is 1. The van der Waals surface area contributed by atoms with E-state index in [1.165, 1.54) is 14.2 Å². The molecule has 1 rings (SSSR count). The van der Waals surface area contributed by atoms with Crippen molar-refractivity contribution in [3.8, 4) is 0 Å². The predicted molar refractivity (Wildman–Crippen MR) is 75.4 cm³/mol. The van der Waals surface area contributed by atoms with Crippen molar-refractivity contribution in [2.24, 2.45) is 5.92 Å². The number of ether oxygens (including phenoxy) is 2. The van der Waals surface area contributed by atoms with Crippen LogP contribution in [0.5, 0.6) is 0 Å². The minimum absolute atomic E-state index is 0.0963. The predicted octanol–water partition coefficient (Wildman–Crippen LogP) is 1.39. The van der Waals surface area contributed by atoms with Gasteiger partial charge in [0.05, 0.1) is 13.2 Å². The number of carbonyl (C=O) groups is 2. The number of hydrogen-bond acceptors (Lipinski definition) is 4. The van der Waals surface area contributed by atoms with Crippen molar-refractivity contribution in [2.45, 2.75) is 51.8 Å². The second-order valence-electron chi connectivity index (χ2n) is 5.54. The molecule has 1 aliphatic heterocycles. The zero-order chi connectivity index (χ0) is 15.3. The highest BCUT2D eigenvalue weighted by Gasteiger charge is 2.37. The van der Waals surface area contributed by atoms with Crippen LogP contribution in [0.4, 0.5) is 4.79 Å². The third kappa shape index (κ3) is 3.85. The molecule has 0 spiro atoms. The number of carbonyl (C=O) groups excluding carboxylic acids is 2. The number of nitrogens with one attached hydrogen (secondary N) is 1. The van der Waals surface area contributed by atoms with E-state index < -0.39 is 18.2 Å². The van der Waals surface area contributed by atoms with E-state index in [9.17, 15) is 9.59 Å². The minimum atomic E-state index is -0.716. The largest absolute Gasteiger partial charge is 0.453 e. The summed E-state index contributed by atoms with van der Waals surface area (Å²) in [6, 6.07) is -0.486. The SMILES string of the molecule is COC(=O)N[C@H](C(=O)N1CCC[C@H]1C(C)C)[C@H](C)OC. The highest BCUT2D eigenvalue weighted by atomic mass is 16.5. The fourth-order valence-corrected chi connectivity index (χ4v) is 2.64. The van der Waals surface area contributed by atoms with Crippen molar-refractivity contribution >= 4 is 12.0 Å². The van der Waals surface area contributed by atoms with E-state index in [0.717, 1.165) is 19.4 Å². The highest BCUT2D eigenvalue weighted by molar-refractivity contribution is 5.86. The molecule has 1 heterocycles. The van der Waals surface area contributed by atoms with Gasteiger partial charge in [-0.15, -0.1) is 0 Å². The Hall–Kier alpha value is -1.30. The van der Waals surface area contributed by atoms with Gasteiger partial charge >= 0.3 is 6.09 Å². The van der Waals surface area contributed by atoms with Crippen LogP contribution in [-0.2, 0) is 14.3 Å². The summed E-state index contributed by atoms with van der Waals surface area (Å²) in [5.74, 6) is 0.305. The molecule has 0 aromatic heterocycles. The fraction of sp³-hybridized carbons (Fsp3) is 0.857. The fourth-order valence-electron chi connectivity index (χ4n) is 2.64. The summed E-state index contributed by atoms with van der Waals surface area (Å²) < 4.78 is 9.80. The zero-order valence-electron chi connectivity index (χ0n) is 13.0. The Labute approximate surface area is 120 Å². The molecule has 116 valence electrons. The van der Waals surface area contributed by atoms with Crippen molar-refractivity contribution in [1.82, 2.24) is 10.2 Å². The molecule has 1 fully saturated rings. The first kappa shape index (κ1) is 16.8. The first-order chi connectivity index (χ1) is 9.42. The van der Waals surface area contributed by atoms with Crippen LogP contribution in [0.1, 0.15) is 33.6 Å². The van der Waals surface area contributed by atoms with Gasteiger partial charge in [-0.2, -0.15) is 0 Å². The number of methoxy groups -OCH3 is 2. The topological polar surface area (TPSA) is 67.9 Å². The number of rotatable bonds is 5. The minimum Gasteiger partial charge on any atom is -0.453 e. The van der Waals surface area contributed by atoms with Gasteiger partial charge in [0.25, 0.3) is 0 Å². The molecule has 20 heavy (non-hydrogen) atoms. The first-order valence-electron chi connectivity index (χ1n) is 7.10. The molecular weight excluding hydrogens is 260 g/mol. The molecule has 1 N–H and O–H groups in total. The third-order valence-electron chi connectivity index (χ3n) is 3.92. The van der Waals surface area contributed by atoms with Crippen LogP contribution in [0.15, 0.2) is 0 Å². The molecule has 0 radical (unpaired) electrons. The van der Waals surface area contributed by atoms with Crippen molar-refractivity contribution < 1.29 is 19.1 Å². The van der Waals surface area contributed by atoms with E-state index in [4.69, 9.17) is 4.74 Å². The molecule has 1 aliphatic rings. The molecule has 0 bridgehead atoms. The van der Waals surface area contributed by atoms with Gasteiger partial charge in [-0.05, 0) is 25.7 Å². The Morgan fingerprint density at radius 1 is 1.25 bits per heavy atom. The van der Waals surface area contributed by atoms with Gasteiger partial charge in [-0.3, -0.25) is 4.79 Å². The summed E-state index contributed by atoms with van der Waals surface area (Å²) in [6.45, 7) is 6.72. The summed E-state index contributed by atoms with van der Waals surface area (Å²) in [4.78, 5) is 26.0. The maximum absolute atomic E-state index is 12.7. The van der Waals surface area contributed by atoms with Gasteiger partial charge in [-0.25, -0.2) is 4.79 Å². The van der Waals surface area contributed by atoms with Crippen LogP contribution in [-0.4, -0.2) is 55.9 Å². The summed E-state index contributed by atoms with van der Waals surface area (Å²) in [7, 11) is 2.80. The molecular formula is C14H26N2O4. The van der Waals surface area contributed by atoms with Crippen LogP contribution < -0.4 is 5.32 Å². The second-order valence-corrected chi connectivity index (χ2v) is 5.54. The van der Waals surface area contributed by atoms with Crippen molar-refractivity contribution in [2.75, 3.05) is 20.8 Å². The quantitative estimate of drug-likeness (QED) is 0.829. The first-order valence-corrected chi connectivity index (χ1v) is 7.10. The Kier molecular flexibility index (Phi) is 6.26. The summed E-state index contributed by atoms with van der Waals surface area (Å²) in [5, 5.41) is 2.58. The van der Waals surface area contributed by atoms with Gasteiger partial charge < -0.3 is 19.7 Å². The number of hydrogen-bond donors (Lipinski definition) is 1. The van der Waals surface area contributed by atoms with E-state index in [2.05, 4.69) is 23.9 Å². The lowest BCUT2D eigenvalue weighted by molar-refractivity contribution is -0.138. The van der Waals surface area contributed by atoms with E-state index >= 15 is 0 Å². The van der Waals surface area contributed by atoms with Crippen LogP contribution in [0.25, 0.3) is 0 Å². The summed E-state index contributed by atoms with van der Waals surface area (Å²) >= 11 is 0. The standard InChI is InChI=1S/C14H26N2O4/c1-9(2)11-7-6-8-16(11)13(17)12(10(3)19-4)15-14(18)20-5/h9-12H,6-8H2,1-5H3,(H,15,18)/t10-,11-,12-/m0/s1. The van der Waals surface area contributed by atoms with Crippen LogP contribution >= 0.6 is 0 Å². The van der Waals surface area contributed by atoms with Crippen molar-refractivity contribution in [3.63, 3.8) is 0 Å². The van der Waals surface area contributed by atoms with Gasteiger partial charge in [0, 0.05) is 19.7 Å². The number of alkyl carbamates (subject to hydrolysis) is 1. The maximum atomic E-state index is 12.7. The zero-order valence-corrected chi connectivity index (χ0v) is 13.0. The lowest BCUT2D eigenvalue weighted by Gasteiger charge is -2.33. The molecule has 0 unspecified atom stereocenters. The lowest BCUT2D eigenvalue weighted by atomic mass is 10.0. The monoisotopic (exact) mass is 286 g/mol. The summed E-state index contributed by atoms with van der Waals surface area (Å²) in [5.41, 5.74) is 0. The van der Waals surface area contributed by atoms with Gasteiger partial charge in [0.2, 0.25) is 5.91 Å². The van der Waals surface area contributed by atoms with Crippen LogP contribution in [0.2, 0.25) is 0 Å².